The second kappa shape index (κ2) is 8.57. The molecule has 5 rings (SSSR count). The molecule has 0 saturated carbocycles. The third-order valence-electron chi connectivity index (χ3n) is 7.75. The van der Waals surface area contributed by atoms with E-state index < -0.39 is 28.7 Å². The van der Waals surface area contributed by atoms with E-state index >= 15 is 0 Å². The smallest absolute Gasteiger partial charge is 0.310 e. The molecule has 7 atom stereocenters. The first kappa shape index (κ1) is 23.2. The molecule has 180 valence electrons. The summed E-state index contributed by atoms with van der Waals surface area (Å²) in [6.45, 7) is 5.55. The Morgan fingerprint density at radius 2 is 2.00 bits per heavy atom. The number of rotatable bonds is 6. The van der Waals surface area contributed by atoms with E-state index in [1.54, 1.807) is 25.6 Å². The number of carbonyl (C=O) groups excluding carboxylic acids is 3. The lowest BCUT2D eigenvalue weighted by molar-refractivity contribution is -0.154. The highest BCUT2D eigenvalue weighted by Crippen LogP contribution is 2.68. The van der Waals surface area contributed by atoms with Crippen LogP contribution in [0.1, 0.15) is 27.2 Å². The molecule has 0 aliphatic carbocycles. The molecule has 2 amide bonds. The van der Waals surface area contributed by atoms with E-state index in [1.807, 2.05) is 42.5 Å². The fourth-order valence-corrected chi connectivity index (χ4v) is 8.70. The van der Waals surface area contributed by atoms with Gasteiger partial charge in [0.1, 0.15) is 6.04 Å². The molecule has 0 aromatic heterocycles. The van der Waals surface area contributed by atoms with E-state index in [2.05, 4.69) is 12.2 Å². The number of benzene rings is 2. The number of hydrogen-bond acceptors (Lipinski definition) is 6. The number of ether oxygens (including phenoxy) is 1. The first-order chi connectivity index (χ1) is 16.3. The maximum atomic E-state index is 13.9. The highest BCUT2D eigenvalue weighted by atomic mass is 32.2. The number of carbonyl (C=O) groups is 3. The fraction of sp³-hybridized carbons (Fsp3) is 0.500. The second-order valence-electron chi connectivity index (χ2n) is 9.63. The zero-order valence-corrected chi connectivity index (χ0v) is 20.4. The van der Waals surface area contributed by atoms with Gasteiger partial charge < -0.3 is 20.1 Å². The van der Waals surface area contributed by atoms with Gasteiger partial charge in [-0.2, -0.15) is 0 Å². The van der Waals surface area contributed by atoms with Crippen LogP contribution >= 0.6 is 11.8 Å². The molecule has 3 unspecified atom stereocenters. The Labute approximate surface area is 203 Å². The average Bonchev–Trinajstić information content (AvgIpc) is 3.42. The third-order valence-corrected chi connectivity index (χ3v) is 9.82. The van der Waals surface area contributed by atoms with E-state index in [-0.39, 0.29) is 42.2 Å². The van der Waals surface area contributed by atoms with E-state index in [4.69, 9.17) is 4.74 Å². The Hall–Kier alpha value is -2.58. The van der Waals surface area contributed by atoms with Crippen molar-refractivity contribution in [1.82, 2.24) is 4.90 Å². The maximum Gasteiger partial charge on any atom is 0.310 e. The summed E-state index contributed by atoms with van der Waals surface area (Å²) in [5.41, 5.74) is 0.653. The number of nitrogens with one attached hydrogen (secondary N) is 1. The molecule has 2 N–H and O–H groups in total. The number of nitrogens with zero attached hydrogens (tertiary/aromatic N) is 1. The fourth-order valence-electron chi connectivity index (χ4n) is 6.30. The van der Waals surface area contributed by atoms with Crippen molar-refractivity contribution in [3.05, 3.63) is 42.5 Å². The number of aliphatic hydroxyl groups is 1. The number of likely N-dealkylation sites (tertiary alicyclic amines) is 1. The van der Waals surface area contributed by atoms with Gasteiger partial charge in [0.25, 0.3) is 0 Å². The largest absolute Gasteiger partial charge is 0.466 e. The van der Waals surface area contributed by atoms with Gasteiger partial charge in [-0.1, -0.05) is 37.3 Å². The predicted octanol–water partition coefficient (Wildman–Crippen LogP) is 3.06. The molecule has 3 aliphatic rings. The van der Waals surface area contributed by atoms with Crippen LogP contribution in [0.15, 0.2) is 42.5 Å². The van der Waals surface area contributed by atoms with Gasteiger partial charge in [0.2, 0.25) is 11.8 Å². The molecule has 7 nitrogen and oxygen atoms in total. The van der Waals surface area contributed by atoms with Crippen LogP contribution in [0.4, 0.5) is 5.69 Å². The number of aliphatic hydroxyl groups excluding tert-OH is 1. The van der Waals surface area contributed by atoms with Gasteiger partial charge in [-0.05, 0) is 49.1 Å². The minimum Gasteiger partial charge on any atom is -0.466 e. The minimum atomic E-state index is -0.789. The summed E-state index contributed by atoms with van der Waals surface area (Å²) < 4.78 is 4.62. The molecule has 34 heavy (non-hydrogen) atoms. The van der Waals surface area contributed by atoms with Crippen LogP contribution in [-0.4, -0.2) is 63.1 Å². The lowest BCUT2D eigenvalue weighted by Crippen LogP contribution is -2.56. The minimum absolute atomic E-state index is 0.0504. The SMILES string of the molecule is CCOC(=O)[C@@H]1[C@@H]2CC(C)C3(S2)C(C(=O)Nc2ccc4ccccc4c2)N([C@H](C)CO)C(=O)[C@H]13. The number of anilines is 1. The number of fused-ring (bicyclic) bond motifs is 2. The number of amides is 2. The lowest BCUT2D eigenvalue weighted by atomic mass is 9.66. The zero-order chi connectivity index (χ0) is 24.2. The highest BCUT2D eigenvalue weighted by molar-refractivity contribution is 8.02. The molecule has 3 saturated heterocycles. The summed E-state index contributed by atoms with van der Waals surface area (Å²) in [6.07, 6.45) is 0.749. The average molecular weight is 483 g/mol. The van der Waals surface area contributed by atoms with Crippen molar-refractivity contribution >= 4 is 46.0 Å². The molecular formula is C26H30N2O5S. The summed E-state index contributed by atoms with van der Waals surface area (Å²) in [4.78, 5) is 42.1. The zero-order valence-electron chi connectivity index (χ0n) is 19.6. The predicted molar refractivity (Wildman–Crippen MR) is 131 cm³/mol. The summed E-state index contributed by atoms with van der Waals surface area (Å²) >= 11 is 1.60. The van der Waals surface area contributed by atoms with Crippen molar-refractivity contribution in [3.63, 3.8) is 0 Å². The molecule has 3 fully saturated rings. The van der Waals surface area contributed by atoms with Gasteiger partial charge in [0.05, 0.1) is 35.8 Å². The van der Waals surface area contributed by atoms with Crippen molar-refractivity contribution in [2.45, 2.75) is 49.3 Å². The van der Waals surface area contributed by atoms with Crippen LogP contribution in [-0.2, 0) is 19.1 Å². The van der Waals surface area contributed by atoms with Gasteiger partial charge in [-0.3, -0.25) is 14.4 Å². The van der Waals surface area contributed by atoms with E-state index in [1.165, 1.54) is 4.90 Å². The number of esters is 1. The lowest BCUT2D eigenvalue weighted by Gasteiger charge is -2.39. The Morgan fingerprint density at radius 1 is 1.26 bits per heavy atom. The summed E-state index contributed by atoms with van der Waals surface area (Å²) in [5, 5.41) is 15.0. The van der Waals surface area contributed by atoms with Crippen molar-refractivity contribution in [1.29, 1.82) is 0 Å². The standard InChI is InChI=1S/C26H30N2O5S/c1-4-33-25(32)20-19-11-14(2)26(34-19)21(20)24(31)28(15(3)13-29)22(26)23(30)27-18-10-9-16-7-5-6-8-17(16)12-18/h5-10,12,14-15,19-22,29H,4,11,13H2,1-3H3,(H,27,30)/t14?,15-,19+,20-,21+,22?,26?/m1/s1. The number of hydrogen-bond donors (Lipinski definition) is 2. The molecule has 2 aromatic rings. The Bertz CT molecular complexity index is 1150. The van der Waals surface area contributed by atoms with E-state index in [0.717, 1.165) is 17.2 Å². The molecular weight excluding hydrogens is 452 g/mol. The van der Waals surface area contributed by atoms with Crippen LogP contribution < -0.4 is 5.32 Å². The third kappa shape index (κ3) is 3.26. The van der Waals surface area contributed by atoms with Crippen LogP contribution in [0.3, 0.4) is 0 Å². The Morgan fingerprint density at radius 3 is 2.71 bits per heavy atom. The topological polar surface area (TPSA) is 95.9 Å². The van der Waals surface area contributed by atoms with Crippen LogP contribution in [0.2, 0.25) is 0 Å². The molecule has 3 heterocycles. The van der Waals surface area contributed by atoms with Crippen molar-refractivity contribution in [3.8, 4) is 0 Å². The molecule has 3 aliphatic heterocycles. The number of thioether (sulfide) groups is 1. The first-order valence-electron chi connectivity index (χ1n) is 11.9. The molecule has 2 aromatic carbocycles. The van der Waals surface area contributed by atoms with Crippen LogP contribution in [0.5, 0.6) is 0 Å². The Kier molecular flexibility index (Phi) is 5.84. The maximum absolute atomic E-state index is 13.9. The summed E-state index contributed by atoms with van der Waals surface area (Å²) in [7, 11) is 0. The van der Waals surface area contributed by atoms with Crippen molar-refractivity contribution in [2.24, 2.45) is 17.8 Å². The van der Waals surface area contributed by atoms with E-state index in [0.29, 0.717) is 5.69 Å². The van der Waals surface area contributed by atoms with Gasteiger partial charge in [-0.15, -0.1) is 11.8 Å². The second-order valence-corrected chi connectivity index (χ2v) is 11.2. The molecule has 1 spiro atoms. The van der Waals surface area contributed by atoms with Gasteiger partial charge >= 0.3 is 5.97 Å². The summed E-state index contributed by atoms with van der Waals surface area (Å²) in [5.74, 6) is -2.02. The van der Waals surface area contributed by atoms with E-state index in [9.17, 15) is 19.5 Å². The van der Waals surface area contributed by atoms with Crippen LogP contribution in [0.25, 0.3) is 10.8 Å². The van der Waals surface area contributed by atoms with Gasteiger partial charge in [-0.25, -0.2) is 0 Å². The normalized spacial score (nSPS) is 32.6. The summed E-state index contributed by atoms with van der Waals surface area (Å²) in [6, 6.07) is 12.3. The van der Waals surface area contributed by atoms with Gasteiger partial charge in [0.15, 0.2) is 0 Å². The van der Waals surface area contributed by atoms with Crippen molar-refractivity contribution in [2.75, 3.05) is 18.5 Å². The monoisotopic (exact) mass is 482 g/mol. The molecule has 0 radical (unpaired) electrons. The molecule has 8 heteroatoms. The van der Waals surface area contributed by atoms with Gasteiger partial charge in [0, 0.05) is 10.9 Å². The first-order valence-corrected chi connectivity index (χ1v) is 12.8. The van der Waals surface area contributed by atoms with Crippen molar-refractivity contribution < 1.29 is 24.2 Å². The quantitative estimate of drug-likeness (QED) is 0.615. The molecule has 2 bridgehead atoms. The Balaban J connectivity index is 1.54. The van der Waals surface area contributed by atoms with Crippen LogP contribution in [0, 0.1) is 17.8 Å². The highest BCUT2D eigenvalue weighted by Gasteiger charge is 2.76.